The Balaban J connectivity index is 1.99. The predicted molar refractivity (Wildman–Crippen MR) is 80.1 cm³/mol. The molecule has 3 heteroatoms. The van der Waals surface area contributed by atoms with Crippen molar-refractivity contribution in [3.8, 4) is 0 Å². The molecule has 2 atom stereocenters. The summed E-state index contributed by atoms with van der Waals surface area (Å²) in [6.45, 7) is 4.47. The molecule has 2 heterocycles. The number of H-pyrrole nitrogens is 1. The normalized spacial score (nSPS) is 20.5. The topological polar surface area (TPSA) is 45.1 Å². The van der Waals surface area contributed by atoms with E-state index in [0.29, 0.717) is 6.04 Å². The second-order valence-corrected chi connectivity index (χ2v) is 5.69. The monoisotopic (exact) mass is 257 g/mol. The highest BCUT2D eigenvalue weighted by atomic mass is 15.2. The third-order valence-corrected chi connectivity index (χ3v) is 4.22. The number of hydrogen-bond acceptors (Lipinski definition) is 2. The zero-order chi connectivity index (χ0) is 13.2. The number of nitrogens with one attached hydrogen (secondary N) is 1. The highest BCUT2D eigenvalue weighted by Crippen LogP contribution is 2.31. The van der Waals surface area contributed by atoms with Gasteiger partial charge in [-0.2, -0.15) is 0 Å². The number of rotatable bonds is 3. The first-order valence-corrected chi connectivity index (χ1v) is 7.33. The SMILES string of the molecule is CC(N)C(c1c[nH]c2ccccc12)N1CCCCC1. The highest BCUT2D eigenvalue weighted by molar-refractivity contribution is 5.83. The molecule has 1 aromatic heterocycles. The molecule has 3 N–H and O–H groups in total. The molecule has 2 unspecified atom stereocenters. The van der Waals surface area contributed by atoms with Crippen LogP contribution in [0.15, 0.2) is 30.5 Å². The average Bonchev–Trinajstić information content (AvgIpc) is 2.84. The largest absolute Gasteiger partial charge is 0.361 e. The molecule has 1 aliphatic rings. The summed E-state index contributed by atoms with van der Waals surface area (Å²) < 4.78 is 0. The van der Waals surface area contributed by atoms with E-state index in [1.165, 1.54) is 48.8 Å². The Morgan fingerprint density at radius 1 is 1.16 bits per heavy atom. The zero-order valence-electron chi connectivity index (χ0n) is 11.6. The van der Waals surface area contributed by atoms with E-state index in [0.717, 1.165) is 0 Å². The van der Waals surface area contributed by atoms with E-state index in [1.807, 2.05) is 0 Å². The Morgan fingerprint density at radius 2 is 1.89 bits per heavy atom. The van der Waals surface area contributed by atoms with E-state index < -0.39 is 0 Å². The summed E-state index contributed by atoms with van der Waals surface area (Å²) in [6, 6.07) is 8.99. The number of piperidine rings is 1. The summed E-state index contributed by atoms with van der Waals surface area (Å²) in [5.74, 6) is 0. The van der Waals surface area contributed by atoms with Crippen molar-refractivity contribution < 1.29 is 0 Å². The maximum Gasteiger partial charge on any atom is 0.0517 e. The lowest BCUT2D eigenvalue weighted by molar-refractivity contribution is 0.147. The summed E-state index contributed by atoms with van der Waals surface area (Å²) in [5.41, 5.74) is 8.86. The quantitative estimate of drug-likeness (QED) is 0.887. The summed E-state index contributed by atoms with van der Waals surface area (Å²) in [7, 11) is 0. The first kappa shape index (κ1) is 12.7. The zero-order valence-corrected chi connectivity index (χ0v) is 11.6. The van der Waals surface area contributed by atoms with E-state index in [2.05, 4.69) is 47.3 Å². The van der Waals surface area contributed by atoms with Crippen LogP contribution < -0.4 is 5.73 Å². The summed E-state index contributed by atoms with van der Waals surface area (Å²) in [4.78, 5) is 5.94. The Kier molecular flexibility index (Phi) is 3.58. The number of benzene rings is 1. The van der Waals surface area contributed by atoms with Gasteiger partial charge in [-0.1, -0.05) is 24.6 Å². The van der Waals surface area contributed by atoms with Crippen LogP contribution in [0.3, 0.4) is 0 Å². The lowest BCUT2D eigenvalue weighted by atomic mass is 9.96. The summed E-state index contributed by atoms with van der Waals surface area (Å²) >= 11 is 0. The molecule has 1 fully saturated rings. The second kappa shape index (κ2) is 5.35. The molecular formula is C16H23N3. The highest BCUT2D eigenvalue weighted by Gasteiger charge is 2.27. The fourth-order valence-electron chi connectivity index (χ4n) is 3.35. The number of aromatic nitrogens is 1. The van der Waals surface area contributed by atoms with Crippen LogP contribution in [-0.4, -0.2) is 29.0 Å². The van der Waals surface area contributed by atoms with Gasteiger partial charge in [0.1, 0.15) is 0 Å². The van der Waals surface area contributed by atoms with Gasteiger partial charge in [-0.05, 0) is 44.5 Å². The smallest absolute Gasteiger partial charge is 0.0517 e. The first-order valence-electron chi connectivity index (χ1n) is 7.33. The van der Waals surface area contributed by atoms with Crippen molar-refractivity contribution in [2.75, 3.05) is 13.1 Å². The van der Waals surface area contributed by atoms with Crippen LogP contribution in [0.1, 0.15) is 37.8 Å². The van der Waals surface area contributed by atoms with Gasteiger partial charge in [0.05, 0.1) is 6.04 Å². The van der Waals surface area contributed by atoms with Crippen molar-refractivity contribution in [2.45, 2.75) is 38.3 Å². The molecule has 3 rings (SSSR count). The second-order valence-electron chi connectivity index (χ2n) is 5.69. The molecule has 0 spiro atoms. The molecule has 19 heavy (non-hydrogen) atoms. The number of likely N-dealkylation sites (tertiary alicyclic amines) is 1. The van der Waals surface area contributed by atoms with Crippen molar-refractivity contribution in [3.63, 3.8) is 0 Å². The minimum absolute atomic E-state index is 0.150. The number of aromatic amines is 1. The van der Waals surface area contributed by atoms with E-state index >= 15 is 0 Å². The molecule has 0 bridgehead atoms. The molecule has 102 valence electrons. The van der Waals surface area contributed by atoms with Crippen molar-refractivity contribution in [1.29, 1.82) is 0 Å². The summed E-state index contributed by atoms with van der Waals surface area (Å²) in [5, 5.41) is 1.32. The molecule has 0 aliphatic carbocycles. The van der Waals surface area contributed by atoms with Gasteiger partial charge in [-0.25, -0.2) is 0 Å². The standard InChI is InChI=1S/C16H23N3/c1-12(17)16(19-9-5-2-6-10-19)14-11-18-15-8-4-3-7-13(14)15/h3-4,7-8,11-12,16,18H,2,5-6,9-10,17H2,1H3. The number of nitrogens with two attached hydrogens (primary N) is 1. The molecule has 0 amide bonds. The van der Waals surface area contributed by atoms with Gasteiger partial charge in [-0.3, -0.25) is 4.90 Å². The maximum absolute atomic E-state index is 6.29. The lowest BCUT2D eigenvalue weighted by Crippen LogP contribution is -2.42. The van der Waals surface area contributed by atoms with Crippen molar-refractivity contribution >= 4 is 10.9 Å². The van der Waals surface area contributed by atoms with E-state index in [1.54, 1.807) is 0 Å². The predicted octanol–water partition coefficient (Wildman–Crippen LogP) is 3.04. The van der Waals surface area contributed by atoms with Gasteiger partial charge < -0.3 is 10.7 Å². The van der Waals surface area contributed by atoms with Crippen molar-refractivity contribution in [1.82, 2.24) is 9.88 Å². The van der Waals surface area contributed by atoms with Gasteiger partial charge in [-0.15, -0.1) is 0 Å². The third kappa shape index (κ3) is 2.40. The van der Waals surface area contributed by atoms with E-state index in [4.69, 9.17) is 5.73 Å². The van der Waals surface area contributed by atoms with Crippen LogP contribution in [0, 0.1) is 0 Å². The van der Waals surface area contributed by atoms with Gasteiger partial charge in [0, 0.05) is 23.1 Å². The van der Waals surface area contributed by atoms with Crippen LogP contribution in [0.25, 0.3) is 10.9 Å². The van der Waals surface area contributed by atoms with Gasteiger partial charge in [0.2, 0.25) is 0 Å². The van der Waals surface area contributed by atoms with Crippen LogP contribution in [0.4, 0.5) is 0 Å². The van der Waals surface area contributed by atoms with Crippen LogP contribution in [0.5, 0.6) is 0 Å². The third-order valence-electron chi connectivity index (χ3n) is 4.22. The van der Waals surface area contributed by atoms with E-state index in [-0.39, 0.29) is 6.04 Å². The minimum atomic E-state index is 0.150. The number of para-hydroxylation sites is 1. The van der Waals surface area contributed by atoms with Crippen LogP contribution >= 0.6 is 0 Å². The van der Waals surface area contributed by atoms with Crippen LogP contribution in [0.2, 0.25) is 0 Å². The summed E-state index contributed by atoms with van der Waals surface area (Å²) in [6.07, 6.45) is 6.10. The molecule has 0 saturated carbocycles. The molecular weight excluding hydrogens is 234 g/mol. The van der Waals surface area contributed by atoms with Gasteiger partial charge in [0.15, 0.2) is 0 Å². The maximum atomic E-state index is 6.29. The molecule has 0 radical (unpaired) electrons. The minimum Gasteiger partial charge on any atom is -0.361 e. The first-order chi connectivity index (χ1) is 9.27. The Hall–Kier alpha value is -1.32. The van der Waals surface area contributed by atoms with Gasteiger partial charge >= 0.3 is 0 Å². The van der Waals surface area contributed by atoms with Gasteiger partial charge in [0.25, 0.3) is 0 Å². The molecule has 1 aromatic carbocycles. The Labute approximate surface area is 114 Å². The average molecular weight is 257 g/mol. The van der Waals surface area contributed by atoms with Crippen molar-refractivity contribution in [3.05, 3.63) is 36.0 Å². The lowest BCUT2D eigenvalue weighted by Gasteiger charge is -2.36. The molecule has 2 aromatic rings. The Morgan fingerprint density at radius 3 is 2.63 bits per heavy atom. The van der Waals surface area contributed by atoms with Crippen molar-refractivity contribution in [2.24, 2.45) is 5.73 Å². The van der Waals surface area contributed by atoms with E-state index in [9.17, 15) is 0 Å². The number of hydrogen-bond donors (Lipinski definition) is 2. The van der Waals surface area contributed by atoms with Crippen LogP contribution in [-0.2, 0) is 0 Å². The fraction of sp³-hybridized carbons (Fsp3) is 0.500. The molecule has 1 aliphatic heterocycles. The number of fused-ring (bicyclic) bond motifs is 1. The number of nitrogens with zero attached hydrogens (tertiary/aromatic N) is 1. The molecule has 3 nitrogen and oxygen atoms in total. The fourth-order valence-corrected chi connectivity index (χ4v) is 3.35. The Bertz CT molecular complexity index is 538. The molecule has 1 saturated heterocycles.